The first-order chi connectivity index (χ1) is 24.8. The van der Waals surface area contributed by atoms with Gasteiger partial charge in [-0.3, -0.25) is 0 Å². The van der Waals surface area contributed by atoms with Crippen molar-refractivity contribution in [3.8, 4) is 33.4 Å². The molecule has 0 saturated heterocycles. The van der Waals surface area contributed by atoms with Gasteiger partial charge in [-0.25, -0.2) is 0 Å². The van der Waals surface area contributed by atoms with Gasteiger partial charge in [-0.05, 0) is 99.4 Å². The van der Waals surface area contributed by atoms with Crippen LogP contribution in [0.2, 0.25) is 0 Å². The second-order valence-corrected chi connectivity index (χ2v) is 11.1. The highest BCUT2D eigenvalue weighted by atomic mass is 14.2. The summed E-state index contributed by atoms with van der Waals surface area (Å²) in [5.74, 6) is 0. The van der Waals surface area contributed by atoms with Gasteiger partial charge in [-0.1, -0.05) is 158 Å². The molecule has 9 rings (SSSR count). The first kappa shape index (κ1) is 18.7. The fraction of sp³-hybridized carbons (Fsp3) is 0. The predicted molar refractivity (Wildman–Crippen MR) is 190 cm³/mol. The van der Waals surface area contributed by atoms with Crippen LogP contribution in [0.4, 0.5) is 0 Å². The average Bonchev–Trinajstić information content (AvgIpc) is 3.17. The SMILES string of the molecule is [2H]c1c([2H])c([2H])c2c(-c3cc4ccccc4c4ccccc34)c3c([2H])c([2H])c(-c4cccc5ccccc45)c([2H])c3c(-c3ccccc3)c2c1[2H]. The third-order valence-corrected chi connectivity index (χ3v) is 8.66. The Labute approximate surface area is 266 Å². The van der Waals surface area contributed by atoms with Crippen molar-refractivity contribution in [3.05, 3.63) is 170 Å². The van der Waals surface area contributed by atoms with Gasteiger partial charge >= 0.3 is 0 Å². The fourth-order valence-corrected chi connectivity index (χ4v) is 6.72. The Bertz CT molecular complexity index is 2930. The van der Waals surface area contributed by atoms with Crippen LogP contribution in [0, 0.1) is 0 Å². The van der Waals surface area contributed by atoms with Gasteiger partial charge in [0.15, 0.2) is 0 Å². The summed E-state index contributed by atoms with van der Waals surface area (Å²) in [5.41, 5.74) is 3.16. The Morgan fingerprint density at radius 3 is 1.77 bits per heavy atom. The zero-order chi connectivity index (χ0) is 35.1. The van der Waals surface area contributed by atoms with Crippen molar-refractivity contribution in [1.82, 2.24) is 0 Å². The van der Waals surface area contributed by atoms with Crippen LogP contribution < -0.4 is 0 Å². The van der Waals surface area contributed by atoms with Crippen molar-refractivity contribution in [2.45, 2.75) is 0 Å². The van der Waals surface area contributed by atoms with Gasteiger partial charge in [0.05, 0.1) is 9.60 Å². The van der Waals surface area contributed by atoms with Gasteiger partial charge in [0.1, 0.15) is 0 Å². The lowest BCUT2D eigenvalue weighted by Gasteiger charge is -2.20. The average molecular weight is 564 g/mol. The summed E-state index contributed by atoms with van der Waals surface area (Å²) in [4.78, 5) is 0. The molecule has 0 aliphatic rings. The molecule has 0 atom stereocenters. The molecule has 0 aliphatic carbocycles. The summed E-state index contributed by atoms with van der Waals surface area (Å²) in [7, 11) is 0. The molecule has 0 fully saturated rings. The summed E-state index contributed by atoms with van der Waals surface area (Å²) in [5, 5.41) is 6.77. The number of hydrogen-bond acceptors (Lipinski definition) is 0. The van der Waals surface area contributed by atoms with Gasteiger partial charge in [0.2, 0.25) is 0 Å². The topological polar surface area (TPSA) is 0 Å². The van der Waals surface area contributed by atoms with Gasteiger partial charge in [0.25, 0.3) is 0 Å². The molecule has 9 aromatic rings. The van der Waals surface area contributed by atoms with Crippen molar-refractivity contribution >= 4 is 53.9 Å². The van der Waals surface area contributed by atoms with Crippen LogP contribution in [0.15, 0.2) is 170 Å². The molecule has 9 aromatic carbocycles. The Balaban J connectivity index is 1.62. The standard InChI is InChI=1S/C44H28/c1-2-14-30(15-3-1)43-38-22-10-11-23-39(38)44(41-27-31-16-5-7-19-35(31)36-20-8-9-21-37(36)41)40-26-25-32(28-42(40)43)34-24-12-17-29-13-4-6-18-33(29)34/h1-28H/i10D,11D,22D,23D,25D,26D,28D. The largest absolute Gasteiger partial charge is 0.0636 e. The second kappa shape index (κ2) is 9.93. The highest BCUT2D eigenvalue weighted by Crippen LogP contribution is 2.47. The lowest BCUT2D eigenvalue weighted by atomic mass is 9.83. The summed E-state index contributed by atoms with van der Waals surface area (Å²) < 4.78 is 66.0. The van der Waals surface area contributed by atoms with Crippen LogP contribution in [0.3, 0.4) is 0 Å². The fourth-order valence-electron chi connectivity index (χ4n) is 6.72. The highest BCUT2D eigenvalue weighted by molar-refractivity contribution is 6.26. The Hall–Kier alpha value is -5.72. The molecular formula is C44H28. The monoisotopic (exact) mass is 563 g/mol. The van der Waals surface area contributed by atoms with E-state index >= 15 is 0 Å². The van der Waals surface area contributed by atoms with Gasteiger partial charge < -0.3 is 0 Å². The van der Waals surface area contributed by atoms with Crippen molar-refractivity contribution in [2.75, 3.05) is 0 Å². The molecule has 0 aromatic heterocycles. The van der Waals surface area contributed by atoms with Crippen LogP contribution in [0.25, 0.3) is 87.2 Å². The van der Waals surface area contributed by atoms with Gasteiger partial charge in [-0.15, -0.1) is 0 Å². The Morgan fingerprint density at radius 1 is 0.341 bits per heavy atom. The normalized spacial score (nSPS) is 13.9. The molecule has 0 saturated carbocycles. The smallest absolute Gasteiger partial charge is 0.0622 e. The lowest BCUT2D eigenvalue weighted by molar-refractivity contribution is 1.65. The number of fused-ring (bicyclic) bond motifs is 6. The third kappa shape index (κ3) is 3.78. The van der Waals surface area contributed by atoms with Crippen LogP contribution in [-0.2, 0) is 0 Å². The molecular weight excluding hydrogens is 528 g/mol. The molecule has 0 N–H and O–H groups in total. The third-order valence-electron chi connectivity index (χ3n) is 8.66. The van der Waals surface area contributed by atoms with E-state index in [-0.39, 0.29) is 53.1 Å². The van der Waals surface area contributed by atoms with Crippen LogP contribution in [0.5, 0.6) is 0 Å². The Morgan fingerprint density at radius 2 is 0.955 bits per heavy atom. The zero-order valence-electron chi connectivity index (χ0n) is 30.6. The van der Waals surface area contributed by atoms with Crippen LogP contribution in [0.1, 0.15) is 9.60 Å². The number of benzene rings is 9. The second-order valence-electron chi connectivity index (χ2n) is 11.1. The van der Waals surface area contributed by atoms with E-state index in [0.29, 0.717) is 44.2 Å². The van der Waals surface area contributed by atoms with Crippen molar-refractivity contribution < 1.29 is 9.60 Å². The van der Waals surface area contributed by atoms with E-state index in [1.54, 1.807) is 0 Å². The molecule has 0 heterocycles. The van der Waals surface area contributed by atoms with E-state index in [4.69, 9.17) is 2.74 Å². The molecule has 44 heavy (non-hydrogen) atoms. The van der Waals surface area contributed by atoms with E-state index in [0.717, 1.165) is 32.3 Å². The van der Waals surface area contributed by atoms with Crippen LogP contribution >= 0.6 is 0 Å². The Kier molecular flexibility index (Phi) is 4.23. The molecule has 0 nitrogen and oxygen atoms in total. The first-order valence-corrected chi connectivity index (χ1v) is 14.7. The molecule has 204 valence electrons. The minimum atomic E-state index is -0.381. The van der Waals surface area contributed by atoms with Crippen molar-refractivity contribution in [1.29, 1.82) is 0 Å². The number of hydrogen-bond donors (Lipinski definition) is 0. The quantitative estimate of drug-likeness (QED) is 0.148. The first-order valence-electron chi connectivity index (χ1n) is 18.2. The predicted octanol–water partition coefficient (Wildman–Crippen LogP) is 12.5. The van der Waals surface area contributed by atoms with Gasteiger partial charge in [-0.2, -0.15) is 0 Å². The molecule has 0 bridgehead atoms. The molecule has 0 spiro atoms. The van der Waals surface area contributed by atoms with E-state index in [9.17, 15) is 6.85 Å². The van der Waals surface area contributed by atoms with E-state index < -0.39 is 0 Å². The van der Waals surface area contributed by atoms with E-state index in [1.807, 2.05) is 121 Å². The van der Waals surface area contributed by atoms with Crippen molar-refractivity contribution in [3.63, 3.8) is 0 Å². The lowest BCUT2D eigenvalue weighted by Crippen LogP contribution is -1.93. The van der Waals surface area contributed by atoms with Crippen LogP contribution in [-0.4, -0.2) is 0 Å². The number of rotatable bonds is 3. The summed E-state index contributed by atoms with van der Waals surface area (Å²) in [6.45, 7) is 0. The minimum Gasteiger partial charge on any atom is -0.0622 e. The zero-order valence-corrected chi connectivity index (χ0v) is 23.6. The van der Waals surface area contributed by atoms with E-state index in [2.05, 4.69) is 6.07 Å². The maximum atomic E-state index is 10.0. The minimum absolute atomic E-state index is 0.0295. The van der Waals surface area contributed by atoms with E-state index in [1.165, 1.54) is 0 Å². The molecule has 0 radical (unpaired) electrons. The van der Waals surface area contributed by atoms with Gasteiger partial charge in [0, 0.05) is 0 Å². The molecule has 0 aliphatic heterocycles. The molecule has 0 unspecified atom stereocenters. The summed E-state index contributed by atoms with van der Waals surface area (Å²) in [6.07, 6.45) is 0. The summed E-state index contributed by atoms with van der Waals surface area (Å²) in [6, 6.07) is 39.4. The maximum Gasteiger partial charge on any atom is 0.0636 e. The van der Waals surface area contributed by atoms with Crippen molar-refractivity contribution in [2.24, 2.45) is 0 Å². The summed E-state index contributed by atoms with van der Waals surface area (Å²) >= 11 is 0. The highest BCUT2D eigenvalue weighted by Gasteiger charge is 2.20. The molecule has 0 heteroatoms. The maximum absolute atomic E-state index is 10.0. The molecule has 0 amide bonds.